The SMILES string of the molecule is COc1cc(C(=O)Nc2nc(C(C)=O)cs2)ccc1OCC(=O)NC(C)C. The molecule has 0 aliphatic rings. The maximum Gasteiger partial charge on any atom is 0.258 e. The number of carbonyl (C=O) groups excluding carboxylic acids is 3. The molecule has 1 heterocycles. The maximum absolute atomic E-state index is 12.4. The summed E-state index contributed by atoms with van der Waals surface area (Å²) in [5, 5.41) is 7.26. The van der Waals surface area contributed by atoms with E-state index >= 15 is 0 Å². The number of anilines is 1. The van der Waals surface area contributed by atoms with Crippen molar-refractivity contribution >= 4 is 34.1 Å². The quantitative estimate of drug-likeness (QED) is 0.670. The average molecular weight is 391 g/mol. The molecular formula is C18H21N3O5S. The van der Waals surface area contributed by atoms with E-state index in [9.17, 15) is 14.4 Å². The Hall–Kier alpha value is -2.94. The number of hydrogen-bond donors (Lipinski definition) is 2. The molecule has 0 unspecified atom stereocenters. The molecule has 2 N–H and O–H groups in total. The van der Waals surface area contributed by atoms with Crippen molar-refractivity contribution in [3.63, 3.8) is 0 Å². The van der Waals surface area contributed by atoms with E-state index in [1.54, 1.807) is 17.5 Å². The van der Waals surface area contributed by atoms with Gasteiger partial charge in [0.15, 0.2) is 29.0 Å². The first-order chi connectivity index (χ1) is 12.8. The summed E-state index contributed by atoms with van der Waals surface area (Å²) in [6.07, 6.45) is 0. The largest absolute Gasteiger partial charge is 0.493 e. The van der Waals surface area contributed by atoms with Gasteiger partial charge in [-0.25, -0.2) is 4.98 Å². The molecule has 0 aliphatic heterocycles. The fourth-order valence-corrected chi connectivity index (χ4v) is 2.84. The molecule has 0 aliphatic carbocycles. The van der Waals surface area contributed by atoms with Gasteiger partial charge in [0.2, 0.25) is 0 Å². The minimum atomic E-state index is -0.401. The summed E-state index contributed by atoms with van der Waals surface area (Å²) >= 11 is 1.17. The normalized spacial score (nSPS) is 10.4. The van der Waals surface area contributed by atoms with E-state index in [0.29, 0.717) is 27.9 Å². The average Bonchev–Trinajstić information content (AvgIpc) is 3.08. The Morgan fingerprint density at radius 1 is 1.22 bits per heavy atom. The van der Waals surface area contributed by atoms with Crippen molar-refractivity contribution in [3.05, 3.63) is 34.8 Å². The van der Waals surface area contributed by atoms with E-state index in [0.717, 1.165) is 0 Å². The van der Waals surface area contributed by atoms with Gasteiger partial charge >= 0.3 is 0 Å². The molecule has 0 bridgehead atoms. The number of amides is 2. The molecule has 0 atom stereocenters. The Morgan fingerprint density at radius 3 is 2.56 bits per heavy atom. The Labute approximate surface area is 160 Å². The fourth-order valence-electron chi connectivity index (χ4n) is 2.10. The predicted molar refractivity (Wildman–Crippen MR) is 102 cm³/mol. The summed E-state index contributed by atoms with van der Waals surface area (Å²) < 4.78 is 10.7. The van der Waals surface area contributed by atoms with E-state index in [2.05, 4.69) is 15.6 Å². The number of hydrogen-bond acceptors (Lipinski definition) is 7. The molecule has 0 saturated heterocycles. The standard InChI is InChI=1S/C18H21N3O5S/c1-10(2)19-16(23)8-26-14-6-5-12(7-15(14)25-4)17(24)21-18-20-13(9-27-18)11(3)22/h5-7,9-10H,8H2,1-4H3,(H,19,23)(H,20,21,24). The zero-order valence-electron chi connectivity index (χ0n) is 15.5. The van der Waals surface area contributed by atoms with Crippen molar-refractivity contribution < 1.29 is 23.9 Å². The first kappa shape index (κ1) is 20.4. The van der Waals surface area contributed by atoms with E-state index < -0.39 is 5.91 Å². The van der Waals surface area contributed by atoms with Crippen LogP contribution in [-0.2, 0) is 4.79 Å². The lowest BCUT2D eigenvalue weighted by Crippen LogP contribution is -2.34. The van der Waals surface area contributed by atoms with Crippen molar-refractivity contribution in [2.24, 2.45) is 0 Å². The molecule has 27 heavy (non-hydrogen) atoms. The van der Waals surface area contributed by atoms with Gasteiger partial charge in [0.25, 0.3) is 11.8 Å². The van der Waals surface area contributed by atoms with E-state index in [1.807, 2.05) is 13.8 Å². The molecular weight excluding hydrogens is 370 g/mol. The van der Waals surface area contributed by atoms with Gasteiger partial charge in [0, 0.05) is 23.9 Å². The molecule has 9 heteroatoms. The number of ketones is 1. The zero-order chi connectivity index (χ0) is 20.0. The number of aromatic nitrogens is 1. The van der Waals surface area contributed by atoms with E-state index in [1.165, 1.54) is 31.4 Å². The Kier molecular flexibility index (Phi) is 6.89. The van der Waals surface area contributed by atoms with E-state index in [-0.39, 0.29) is 24.3 Å². The van der Waals surface area contributed by atoms with Crippen LogP contribution in [0.4, 0.5) is 5.13 Å². The number of nitrogens with zero attached hydrogens (tertiary/aromatic N) is 1. The number of benzene rings is 1. The number of Topliss-reactive ketones (excluding diaryl/α,β-unsaturated/α-hetero) is 1. The molecule has 144 valence electrons. The van der Waals surface area contributed by atoms with Gasteiger partial charge in [-0.3, -0.25) is 19.7 Å². The third-order valence-corrected chi connectivity index (χ3v) is 4.08. The molecule has 2 aromatic rings. The topological polar surface area (TPSA) is 107 Å². The van der Waals surface area contributed by atoms with Crippen LogP contribution in [-0.4, -0.2) is 42.3 Å². The first-order valence-electron chi connectivity index (χ1n) is 8.18. The molecule has 0 spiro atoms. The smallest absolute Gasteiger partial charge is 0.258 e. The van der Waals surface area contributed by atoms with Crippen LogP contribution in [0.5, 0.6) is 11.5 Å². The number of rotatable bonds is 8. The molecule has 0 saturated carbocycles. The lowest BCUT2D eigenvalue weighted by Gasteiger charge is -2.13. The number of carbonyl (C=O) groups is 3. The number of ether oxygens (including phenoxy) is 2. The van der Waals surface area contributed by atoms with Crippen molar-refractivity contribution in [3.8, 4) is 11.5 Å². The van der Waals surface area contributed by atoms with Crippen LogP contribution < -0.4 is 20.1 Å². The Morgan fingerprint density at radius 2 is 1.96 bits per heavy atom. The highest BCUT2D eigenvalue weighted by Gasteiger charge is 2.15. The molecule has 0 radical (unpaired) electrons. The van der Waals surface area contributed by atoms with Crippen LogP contribution >= 0.6 is 11.3 Å². The second-order valence-corrected chi connectivity index (χ2v) is 6.78. The molecule has 1 aromatic heterocycles. The third kappa shape index (κ3) is 5.78. The summed E-state index contributed by atoms with van der Waals surface area (Å²) in [7, 11) is 1.44. The van der Waals surface area contributed by atoms with Crippen LogP contribution in [0, 0.1) is 0 Å². The Bertz CT molecular complexity index is 847. The van der Waals surface area contributed by atoms with Crippen LogP contribution in [0.3, 0.4) is 0 Å². The van der Waals surface area contributed by atoms with Crippen LogP contribution in [0.2, 0.25) is 0 Å². The first-order valence-corrected chi connectivity index (χ1v) is 9.06. The second kappa shape index (κ2) is 9.13. The number of methoxy groups -OCH3 is 1. The predicted octanol–water partition coefficient (Wildman–Crippen LogP) is 2.51. The van der Waals surface area contributed by atoms with Gasteiger partial charge in [-0.2, -0.15) is 0 Å². The Balaban J connectivity index is 2.06. The summed E-state index contributed by atoms with van der Waals surface area (Å²) in [6.45, 7) is 4.96. The minimum absolute atomic E-state index is 0.0171. The van der Waals surface area contributed by atoms with Gasteiger partial charge in [0.05, 0.1) is 7.11 Å². The second-order valence-electron chi connectivity index (χ2n) is 5.92. The van der Waals surface area contributed by atoms with E-state index in [4.69, 9.17) is 9.47 Å². The highest BCUT2D eigenvalue weighted by atomic mass is 32.1. The molecule has 8 nitrogen and oxygen atoms in total. The van der Waals surface area contributed by atoms with Crippen molar-refractivity contribution in [1.82, 2.24) is 10.3 Å². The van der Waals surface area contributed by atoms with Gasteiger partial charge < -0.3 is 14.8 Å². The van der Waals surface area contributed by atoms with Gasteiger partial charge in [0.1, 0.15) is 5.69 Å². The summed E-state index contributed by atoms with van der Waals surface area (Å²) in [4.78, 5) is 39.4. The third-order valence-electron chi connectivity index (χ3n) is 3.32. The molecule has 2 amide bonds. The lowest BCUT2D eigenvalue weighted by molar-refractivity contribution is -0.123. The highest BCUT2D eigenvalue weighted by molar-refractivity contribution is 7.14. The molecule has 0 fully saturated rings. The van der Waals surface area contributed by atoms with Crippen LogP contribution in [0.1, 0.15) is 41.6 Å². The van der Waals surface area contributed by atoms with Crippen LogP contribution in [0.25, 0.3) is 0 Å². The van der Waals surface area contributed by atoms with Gasteiger partial charge in [-0.05, 0) is 32.0 Å². The van der Waals surface area contributed by atoms with Crippen molar-refractivity contribution in [2.45, 2.75) is 26.8 Å². The van der Waals surface area contributed by atoms with Crippen molar-refractivity contribution in [1.29, 1.82) is 0 Å². The van der Waals surface area contributed by atoms with Crippen molar-refractivity contribution in [2.75, 3.05) is 19.0 Å². The maximum atomic E-state index is 12.4. The zero-order valence-corrected chi connectivity index (χ0v) is 16.3. The number of nitrogens with one attached hydrogen (secondary N) is 2. The minimum Gasteiger partial charge on any atom is -0.493 e. The van der Waals surface area contributed by atoms with Gasteiger partial charge in [-0.15, -0.1) is 11.3 Å². The summed E-state index contributed by atoms with van der Waals surface area (Å²) in [5.41, 5.74) is 0.627. The summed E-state index contributed by atoms with van der Waals surface area (Å²) in [5.74, 6) is -0.151. The lowest BCUT2D eigenvalue weighted by atomic mass is 10.2. The fraction of sp³-hybridized carbons (Fsp3) is 0.333. The van der Waals surface area contributed by atoms with Gasteiger partial charge in [-0.1, -0.05) is 0 Å². The monoisotopic (exact) mass is 391 g/mol. The highest BCUT2D eigenvalue weighted by Crippen LogP contribution is 2.28. The molecule has 2 rings (SSSR count). The summed E-state index contributed by atoms with van der Waals surface area (Å²) in [6, 6.07) is 4.63. The molecule has 1 aromatic carbocycles. The number of thiazole rings is 1. The van der Waals surface area contributed by atoms with Crippen LogP contribution in [0.15, 0.2) is 23.6 Å².